The van der Waals surface area contributed by atoms with Crippen molar-refractivity contribution in [3.63, 3.8) is 0 Å². The first-order valence-electron chi connectivity index (χ1n) is 7.97. The number of morpholine rings is 1. The number of nitrogens with one attached hydrogen (secondary N) is 2. The Hall–Kier alpha value is -1.92. The van der Waals surface area contributed by atoms with E-state index >= 15 is 0 Å². The highest BCUT2D eigenvalue weighted by Gasteiger charge is 2.15. The second kappa shape index (κ2) is 8.08. The third-order valence-corrected chi connectivity index (χ3v) is 3.76. The van der Waals surface area contributed by atoms with Crippen LogP contribution in [0.1, 0.15) is 19.4 Å². The summed E-state index contributed by atoms with van der Waals surface area (Å²) < 4.78 is 5.27. The average molecular weight is 319 g/mol. The molecule has 6 heteroatoms. The van der Waals surface area contributed by atoms with Gasteiger partial charge in [-0.15, -0.1) is 0 Å². The smallest absolute Gasteiger partial charge is 0.238 e. The van der Waals surface area contributed by atoms with Crippen molar-refractivity contribution in [3.8, 4) is 0 Å². The van der Waals surface area contributed by atoms with Gasteiger partial charge in [-0.25, -0.2) is 0 Å². The van der Waals surface area contributed by atoms with Gasteiger partial charge in [-0.1, -0.05) is 13.8 Å². The van der Waals surface area contributed by atoms with E-state index in [0.717, 1.165) is 30.0 Å². The maximum atomic E-state index is 12.1. The maximum absolute atomic E-state index is 12.1. The Morgan fingerprint density at radius 2 is 1.91 bits per heavy atom. The quantitative estimate of drug-likeness (QED) is 0.869. The summed E-state index contributed by atoms with van der Waals surface area (Å²) in [5.74, 6) is -0.120. The molecule has 6 nitrogen and oxygen atoms in total. The van der Waals surface area contributed by atoms with Crippen molar-refractivity contribution < 1.29 is 14.3 Å². The first-order valence-corrected chi connectivity index (χ1v) is 7.97. The van der Waals surface area contributed by atoms with Crippen molar-refractivity contribution in [2.45, 2.75) is 20.8 Å². The summed E-state index contributed by atoms with van der Waals surface area (Å²) in [7, 11) is 0. The van der Waals surface area contributed by atoms with E-state index in [1.807, 2.05) is 32.9 Å². The number of aryl methyl sites for hydroxylation is 1. The summed E-state index contributed by atoms with van der Waals surface area (Å²) in [6, 6.07) is 5.49. The first-order chi connectivity index (χ1) is 11.0. The molecule has 0 spiro atoms. The van der Waals surface area contributed by atoms with E-state index in [1.165, 1.54) is 0 Å². The molecule has 0 bridgehead atoms. The van der Waals surface area contributed by atoms with Crippen molar-refractivity contribution in [2.75, 3.05) is 43.5 Å². The lowest BCUT2D eigenvalue weighted by Crippen LogP contribution is -2.41. The van der Waals surface area contributed by atoms with Crippen LogP contribution in [-0.4, -0.2) is 49.6 Å². The number of carbonyl (C=O) groups is 2. The zero-order chi connectivity index (χ0) is 16.8. The van der Waals surface area contributed by atoms with E-state index in [4.69, 9.17) is 4.74 Å². The van der Waals surface area contributed by atoms with Gasteiger partial charge in [-0.3, -0.25) is 14.5 Å². The summed E-state index contributed by atoms with van der Waals surface area (Å²) in [4.78, 5) is 25.9. The second-order valence-corrected chi connectivity index (χ2v) is 6.11. The summed E-state index contributed by atoms with van der Waals surface area (Å²) in [5, 5.41) is 5.78. The van der Waals surface area contributed by atoms with Crippen molar-refractivity contribution in [3.05, 3.63) is 23.8 Å². The van der Waals surface area contributed by atoms with Crippen LogP contribution in [-0.2, 0) is 14.3 Å². The molecule has 1 aromatic carbocycles. The molecule has 0 aliphatic carbocycles. The van der Waals surface area contributed by atoms with Crippen LogP contribution in [0, 0.1) is 12.8 Å². The van der Waals surface area contributed by atoms with E-state index in [1.54, 1.807) is 6.07 Å². The molecule has 1 aromatic rings. The van der Waals surface area contributed by atoms with E-state index in [9.17, 15) is 9.59 Å². The summed E-state index contributed by atoms with van der Waals surface area (Å²) in [6.07, 6.45) is 0. The summed E-state index contributed by atoms with van der Waals surface area (Å²) in [6.45, 7) is 8.90. The largest absolute Gasteiger partial charge is 0.379 e. The van der Waals surface area contributed by atoms with Crippen LogP contribution in [0.5, 0.6) is 0 Å². The van der Waals surface area contributed by atoms with Gasteiger partial charge in [0.2, 0.25) is 11.8 Å². The number of hydrogen-bond donors (Lipinski definition) is 2. The molecule has 2 N–H and O–H groups in total. The monoisotopic (exact) mass is 319 g/mol. The highest BCUT2D eigenvalue weighted by Crippen LogP contribution is 2.20. The lowest BCUT2D eigenvalue weighted by molar-refractivity contribution is -0.119. The fraction of sp³-hybridized carbons (Fsp3) is 0.529. The van der Waals surface area contributed by atoms with Crippen LogP contribution in [0.4, 0.5) is 11.4 Å². The number of nitrogens with zero attached hydrogens (tertiary/aromatic N) is 1. The normalized spacial score (nSPS) is 15.5. The third kappa shape index (κ3) is 5.33. The summed E-state index contributed by atoms with van der Waals surface area (Å²) in [5.41, 5.74) is 2.43. The molecule has 2 rings (SSSR count). The number of carbonyl (C=O) groups excluding carboxylic acids is 2. The highest BCUT2D eigenvalue weighted by molar-refractivity contribution is 5.95. The topological polar surface area (TPSA) is 70.7 Å². The number of benzene rings is 1. The third-order valence-electron chi connectivity index (χ3n) is 3.76. The Kier molecular flexibility index (Phi) is 6.12. The molecule has 0 radical (unpaired) electrons. The van der Waals surface area contributed by atoms with Gasteiger partial charge in [-0.05, 0) is 30.7 Å². The molecule has 1 aliphatic heterocycles. The molecule has 0 atom stereocenters. The predicted molar refractivity (Wildman–Crippen MR) is 90.5 cm³/mol. The SMILES string of the molecule is Cc1cc(NC(=O)C(C)C)ccc1NC(=O)CN1CCOCC1. The van der Waals surface area contributed by atoms with Crippen LogP contribution in [0.3, 0.4) is 0 Å². The molecule has 1 saturated heterocycles. The van der Waals surface area contributed by atoms with Gasteiger partial charge in [-0.2, -0.15) is 0 Å². The van der Waals surface area contributed by atoms with E-state index in [2.05, 4.69) is 15.5 Å². The lowest BCUT2D eigenvalue weighted by atomic mass is 10.1. The number of rotatable bonds is 5. The van der Waals surface area contributed by atoms with Gasteiger partial charge in [0, 0.05) is 30.4 Å². The van der Waals surface area contributed by atoms with Crippen LogP contribution in [0.2, 0.25) is 0 Å². The van der Waals surface area contributed by atoms with Gasteiger partial charge in [0.1, 0.15) is 0 Å². The van der Waals surface area contributed by atoms with Crippen LogP contribution in [0.25, 0.3) is 0 Å². The number of ether oxygens (including phenoxy) is 1. The van der Waals surface area contributed by atoms with Gasteiger partial charge in [0.15, 0.2) is 0 Å². The van der Waals surface area contributed by atoms with Crippen LogP contribution < -0.4 is 10.6 Å². The molecule has 1 aliphatic rings. The summed E-state index contributed by atoms with van der Waals surface area (Å²) >= 11 is 0. The second-order valence-electron chi connectivity index (χ2n) is 6.11. The fourth-order valence-electron chi connectivity index (χ4n) is 2.32. The molecule has 1 fully saturated rings. The molecule has 126 valence electrons. The Bertz CT molecular complexity index is 566. The zero-order valence-corrected chi connectivity index (χ0v) is 14.0. The van der Waals surface area contributed by atoms with Gasteiger partial charge in [0.25, 0.3) is 0 Å². The zero-order valence-electron chi connectivity index (χ0n) is 14.0. The molecule has 0 aromatic heterocycles. The minimum atomic E-state index is -0.0665. The minimum Gasteiger partial charge on any atom is -0.379 e. The molecule has 1 heterocycles. The molecule has 0 unspecified atom stereocenters. The number of amides is 2. The van der Waals surface area contributed by atoms with E-state index in [0.29, 0.717) is 19.8 Å². The fourth-order valence-corrected chi connectivity index (χ4v) is 2.32. The molecule has 2 amide bonds. The van der Waals surface area contributed by atoms with Crippen LogP contribution in [0.15, 0.2) is 18.2 Å². The first kappa shape index (κ1) is 17.4. The van der Waals surface area contributed by atoms with Crippen molar-refractivity contribution in [1.82, 2.24) is 4.90 Å². The average Bonchev–Trinajstić information content (AvgIpc) is 2.51. The molecular weight excluding hydrogens is 294 g/mol. The maximum Gasteiger partial charge on any atom is 0.238 e. The lowest BCUT2D eigenvalue weighted by Gasteiger charge is -2.25. The van der Waals surface area contributed by atoms with Gasteiger partial charge < -0.3 is 15.4 Å². The highest BCUT2D eigenvalue weighted by atomic mass is 16.5. The molecule has 23 heavy (non-hydrogen) atoms. The molecular formula is C17H25N3O3. The Labute approximate surface area is 137 Å². The van der Waals surface area contributed by atoms with Crippen molar-refractivity contribution in [1.29, 1.82) is 0 Å². The van der Waals surface area contributed by atoms with Crippen LogP contribution >= 0.6 is 0 Å². The van der Waals surface area contributed by atoms with E-state index in [-0.39, 0.29) is 17.7 Å². The Morgan fingerprint density at radius 3 is 2.52 bits per heavy atom. The standard InChI is InChI=1S/C17H25N3O3/c1-12(2)17(22)18-14-4-5-15(13(3)10-14)19-16(21)11-20-6-8-23-9-7-20/h4-5,10,12H,6-9,11H2,1-3H3,(H,18,22)(H,19,21). The predicted octanol–water partition coefficient (Wildman–Crippen LogP) is 1.86. The Morgan fingerprint density at radius 1 is 1.22 bits per heavy atom. The number of anilines is 2. The molecule has 0 saturated carbocycles. The minimum absolute atomic E-state index is 0.0199. The van der Waals surface area contributed by atoms with Gasteiger partial charge in [0.05, 0.1) is 19.8 Å². The van der Waals surface area contributed by atoms with E-state index < -0.39 is 0 Å². The van der Waals surface area contributed by atoms with Crippen molar-refractivity contribution >= 4 is 23.2 Å². The number of hydrogen-bond acceptors (Lipinski definition) is 4. The van der Waals surface area contributed by atoms with Gasteiger partial charge >= 0.3 is 0 Å². The Balaban J connectivity index is 1.92. The van der Waals surface area contributed by atoms with Crippen molar-refractivity contribution in [2.24, 2.45) is 5.92 Å².